The van der Waals surface area contributed by atoms with Gasteiger partial charge >= 0.3 is 5.97 Å². The van der Waals surface area contributed by atoms with Crippen LogP contribution in [0.2, 0.25) is 5.02 Å². The number of rotatable bonds is 8. The van der Waals surface area contributed by atoms with Crippen molar-refractivity contribution in [2.45, 2.75) is 63.5 Å². The standard InChI is InChI=1S/C29H30ClN3O6/c1-28(27(36)37)7-5-19(6-8-28)39-23-11-21(24(38-2)9-17(23)15-31)25(34)32-22-10-18(30)3-4-20(22)26(35)33-29-12-16(13-29)14-29/h3-4,9-11,16,19H,5-8,12-14H2,1-2H3,(H,32,34)(H,33,35)(H,36,37). The predicted molar refractivity (Wildman–Crippen MR) is 143 cm³/mol. The summed E-state index contributed by atoms with van der Waals surface area (Å²) in [6.07, 6.45) is 4.55. The van der Waals surface area contributed by atoms with Gasteiger partial charge in [0.25, 0.3) is 11.8 Å². The molecule has 4 aliphatic rings. The third kappa shape index (κ3) is 5.13. The summed E-state index contributed by atoms with van der Waals surface area (Å²) in [6.45, 7) is 1.72. The first kappa shape index (κ1) is 26.8. The fraction of sp³-hybridized carbons (Fsp3) is 0.448. The minimum atomic E-state index is -0.833. The Kier molecular flexibility index (Phi) is 6.93. The van der Waals surface area contributed by atoms with Gasteiger partial charge in [0.15, 0.2) is 0 Å². The summed E-state index contributed by atoms with van der Waals surface area (Å²) >= 11 is 6.20. The molecule has 2 aromatic rings. The number of carboxylic acid groups (broad SMARTS) is 1. The quantitative estimate of drug-likeness (QED) is 0.411. The normalized spacial score (nSPS) is 26.7. The van der Waals surface area contributed by atoms with Crippen molar-refractivity contribution in [3.05, 3.63) is 52.0 Å². The van der Waals surface area contributed by atoms with E-state index in [4.69, 9.17) is 21.1 Å². The van der Waals surface area contributed by atoms with Crippen molar-refractivity contribution in [1.82, 2.24) is 5.32 Å². The van der Waals surface area contributed by atoms with Crippen molar-refractivity contribution in [2.75, 3.05) is 12.4 Å². The molecule has 0 unspecified atom stereocenters. The lowest BCUT2D eigenvalue weighted by Gasteiger charge is -2.61. The summed E-state index contributed by atoms with van der Waals surface area (Å²) in [5, 5.41) is 25.5. The van der Waals surface area contributed by atoms with Crippen LogP contribution < -0.4 is 20.1 Å². The minimum Gasteiger partial charge on any atom is -0.496 e. The molecule has 4 fully saturated rings. The highest BCUT2D eigenvalue weighted by Gasteiger charge is 2.57. The Bertz CT molecular complexity index is 1380. The second-order valence-electron chi connectivity index (χ2n) is 11.2. The molecule has 0 spiro atoms. The average Bonchev–Trinajstić information content (AvgIpc) is 2.86. The smallest absolute Gasteiger partial charge is 0.309 e. The number of nitrogens with zero attached hydrogens (tertiary/aromatic N) is 1. The Morgan fingerprint density at radius 2 is 1.74 bits per heavy atom. The maximum absolute atomic E-state index is 13.5. The summed E-state index contributed by atoms with van der Waals surface area (Å²) < 4.78 is 11.5. The van der Waals surface area contributed by atoms with Gasteiger partial charge in [-0.2, -0.15) is 5.26 Å². The maximum Gasteiger partial charge on any atom is 0.309 e. The molecule has 3 N–H and O–H groups in total. The minimum absolute atomic E-state index is 0.114. The van der Waals surface area contributed by atoms with E-state index in [-0.39, 0.29) is 45.9 Å². The highest BCUT2D eigenvalue weighted by atomic mass is 35.5. The van der Waals surface area contributed by atoms with Gasteiger partial charge in [0.05, 0.1) is 41.0 Å². The molecule has 0 radical (unpaired) electrons. The van der Waals surface area contributed by atoms with Crippen molar-refractivity contribution in [3.8, 4) is 17.6 Å². The highest BCUT2D eigenvalue weighted by Crippen LogP contribution is 2.57. The maximum atomic E-state index is 13.5. The van der Waals surface area contributed by atoms with Crippen LogP contribution in [0.4, 0.5) is 5.69 Å². The number of carbonyl (C=O) groups excluding carboxylic acids is 2. The molecule has 0 atom stereocenters. The van der Waals surface area contributed by atoms with Gasteiger partial charge in [-0.3, -0.25) is 14.4 Å². The molecule has 9 nitrogen and oxygen atoms in total. The van der Waals surface area contributed by atoms with Crippen LogP contribution in [0.5, 0.6) is 11.5 Å². The number of aliphatic carboxylic acids is 1. The fourth-order valence-electron chi connectivity index (χ4n) is 5.78. The number of carbonyl (C=O) groups is 3. The molecule has 39 heavy (non-hydrogen) atoms. The van der Waals surface area contributed by atoms with Crippen molar-refractivity contribution in [3.63, 3.8) is 0 Å². The lowest BCUT2D eigenvalue weighted by molar-refractivity contribution is -0.150. The van der Waals surface area contributed by atoms with E-state index in [1.54, 1.807) is 19.1 Å². The van der Waals surface area contributed by atoms with Crippen LogP contribution in [0.15, 0.2) is 30.3 Å². The van der Waals surface area contributed by atoms with Gasteiger partial charge in [0.2, 0.25) is 0 Å². The molecule has 2 amide bonds. The molecule has 2 aromatic carbocycles. The van der Waals surface area contributed by atoms with Crippen molar-refractivity contribution in [1.29, 1.82) is 5.26 Å². The molecule has 2 bridgehead atoms. The lowest BCUT2D eigenvalue weighted by Crippen LogP contribution is -2.68. The number of hydrogen-bond donors (Lipinski definition) is 3. The Morgan fingerprint density at radius 1 is 1.05 bits per heavy atom. The molecule has 6 rings (SSSR count). The van der Waals surface area contributed by atoms with E-state index in [0.29, 0.717) is 42.2 Å². The van der Waals surface area contributed by atoms with Gasteiger partial charge in [-0.05, 0) is 82.1 Å². The molecule has 0 heterocycles. The zero-order valence-corrected chi connectivity index (χ0v) is 22.6. The van der Waals surface area contributed by atoms with Gasteiger partial charge < -0.3 is 25.2 Å². The van der Waals surface area contributed by atoms with E-state index in [1.165, 1.54) is 25.3 Å². The van der Waals surface area contributed by atoms with Crippen LogP contribution in [0.1, 0.15) is 78.1 Å². The first-order chi connectivity index (χ1) is 18.5. The largest absolute Gasteiger partial charge is 0.496 e. The van der Waals surface area contributed by atoms with Gasteiger partial charge in [0.1, 0.15) is 17.6 Å². The molecule has 4 saturated carbocycles. The summed E-state index contributed by atoms with van der Waals surface area (Å²) in [4.78, 5) is 38.1. The molecule has 0 aliphatic heterocycles. The number of hydrogen-bond acceptors (Lipinski definition) is 6. The number of nitrogens with one attached hydrogen (secondary N) is 2. The SMILES string of the molecule is COc1cc(C#N)c(OC2CCC(C)(C(=O)O)CC2)cc1C(=O)Nc1cc(Cl)ccc1C(=O)NC12CC(C1)C2. The molecule has 0 aromatic heterocycles. The molecular formula is C29H30ClN3O6. The second kappa shape index (κ2) is 10.1. The van der Waals surface area contributed by atoms with Gasteiger partial charge in [-0.25, -0.2) is 0 Å². The summed E-state index contributed by atoms with van der Waals surface area (Å²) in [5.74, 6) is -0.599. The van der Waals surface area contributed by atoms with E-state index >= 15 is 0 Å². The second-order valence-corrected chi connectivity index (χ2v) is 11.6. The van der Waals surface area contributed by atoms with Crippen LogP contribution in [0, 0.1) is 22.7 Å². The summed E-state index contributed by atoms with van der Waals surface area (Å²) in [7, 11) is 1.39. The Morgan fingerprint density at radius 3 is 2.31 bits per heavy atom. The first-order valence-corrected chi connectivity index (χ1v) is 13.4. The topological polar surface area (TPSA) is 138 Å². The Labute approximate surface area is 231 Å². The van der Waals surface area contributed by atoms with Crippen LogP contribution in [0.25, 0.3) is 0 Å². The molecule has 0 saturated heterocycles. The predicted octanol–water partition coefficient (Wildman–Crippen LogP) is 5.17. The van der Waals surface area contributed by atoms with Crippen LogP contribution in [-0.2, 0) is 4.79 Å². The van der Waals surface area contributed by atoms with E-state index in [9.17, 15) is 24.8 Å². The highest BCUT2D eigenvalue weighted by molar-refractivity contribution is 6.31. The number of methoxy groups -OCH3 is 1. The average molecular weight is 552 g/mol. The monoisotopic (exact) mass is 551 g/mol. The number of nitriles is 1. The number of anilines is 1. The van der Waals surface area contributed by atoms with Crippen molar-refractivity contribution >= 4 is 35.1 Å². The van der Waals surface area contributed by atoms with Crippen LogP contribution >= 0.6 is 11.6 Å². The van der Waals surface area contributed by atoms with E-state index < -0.39 is 17.3 Å². The van der Waals surface area contributed by atoms with Gasteiger partial charge in [-0.1, -0.05) is 11.6 Å². The molecular weight excluding hydrogens is 522 g/mol. The molecule has 10 heteroatoms. The number of halogens is 1. The van der Waals surface area contributed by atoms with Gasteiger partial charge in [-0.15, -0.1) is 0 Å². The number of ether oxygens (including phenoxy) is 2. The summed E-state index contributed by atoms with van der Waals surface area (Å²) in [6, 6.07) is 9.66. The third-order valence-corrected chi connectivity index (χ3v) is 8.64. The van der Waals surface area contributed by atoms with E-state index in [2.05, 4.69) is 16.7 Å². The van der Waals surface area contributed by atoms with Crippen LogP contribution in [-0.4, -0.2) is 41.6 Å². The Hall–Kier alpha value is -3.77. The Balaban J connectivity index is 1.37. The lowest BCUT2D eigenvalue weighted by atomic mass is 9.50. The molecule has 4 aliphatic carbocycles. The van der Waals surface area contributed by atoms with Crippen LogP contribution in [0.3, 0.4) is 0 Å². The number of benzene rings is 2. The van der Waals surface area contributed by atoms with Crippen molar-refractivity contribution < 1.29 is 29.0 Å². The summed E-state index contributed by atoms with van der Waals surface area (Å²) in [5.41, 5.74) is -0.0786. The number of carboxylic acids is 1. The van der Waals surface area contributed by atoms with E-state index in [1.807, 2.05) is 0 Å². The zero-order chi connectivity index (χ0) is 27.9. The number of amides is 2. The zero-order valence-electron chi connectivity index (χ0n) is 21.8. The molecule has 204 valence electrons. The van der Waals surface area contributed by atoms with Gasteiger partial charge in [0, 0.05) is 16.6 Å². The fourth-order valence-corrected chi connectivity index (χ4v) is 5.95. The first-order valence-electron chi connectivity index (χ1n) is 13.0. The third-order valence-electron chi connectivity index (χ3n) is 8.40. The van der Waals surface area contributed by atoms with E-state index in [0.717, 1.165) is 19.3 Å². The van der Waals surface area contributed by atoms with Crippen molar-refractivity contribution in [2.24, 2.45) is 11.3 Å².